The van der Waals surface area contributed by atoms with E-state index in [4.69, 9.17) is 4.74 Å². The van der Waals surface area contributed by atoms with Crippen molar-refractivity contribution in [1.29, 1.82) is 0 Å². The summed E-state index contributed by atoms with van der Waals surface area (Å²) in [6.45, 7) is 3.08. The van der Waals surface area contributed by atoms with Crippen LogP contribution in [0.25, 0.3) is 0 Å². The molecular formula is C13H20O4S. The van der Waals surface area contributed by atoms with Crippen molar-refractivity contribution in [1.82, 2.24) is 0 Å². The van der Waals surface area contributed by atoms with Crippen LogP contribution >= 0.6 is 0 Å². The number of hydrogen-bond donors (Lipinski definition) is 1. The van der Waals surface area contributed by atoms with Gasteiger partial charge in [-0.2, -0.15) is 0 Å². The second-order valence-electron chi connectivity index (χ2n) is 4.94. The van der Waals surface area contributed by atoms with Gasteiger partial charge in [0, 0.05) is 6.26 Å². The first-order valence-corrected chi connectivity index (χ1v) is 7.58. The number of aliphatic hydroxyl groups excluding tert-OH is 1. The van der Waals surface area contributed by atoms with Crippen molar-refractivity contribution in [2.45, 2.75) is 31.1 Å². The fourth-order valence-electron chi connectivity index (χ4n) is 1.48. The van der Waals surface area contributed by atoms with E-state index in [0.717, 1.165) is 17.6 Å². The summed E-state index contributed by atoms with van der Waals surface area (Å²) in [6, 6.07) is 7.21. The molecule has 0 aliphatic heterocycles. The average molecular weight is 272 g/mol. The van der Waals surface area contributed by atoms with Crippen LogP contribution in [0.5, 0.6) is 5.75 Å². The van der Waals surface area contributed by atoms with Crippen molar-refractivity contribution in [3.63, 3.8) is 0 Å². The van der Waals surface area contributed by atoms with Crippen LogP contribution in [0.15, 0.2) is 24.3 Å². The van der Waals surface area contributed by atoms with Gasteiger partial charge in [-0.15, -0.1) is 0 Å². The van der Waals surface area contributed by atoms with E-state index in [2.05, 4.69) is 0 Å². The Labute approximate surface area is 109 Å². The number of benzene rings is 1. The van der Waals surface area contributed by atoms with Crippen LogP contribution in [-0.2, 0) is 16.3 Å². The third kappa shape index (κ3) is 3.23. The number of hydrogen-bond acceptors (Lipinski definition) is 4. The lowest BCUT2D eigenvalue weighted by molar-refractivity contribution is 0.138. The summed E-state index contributed by atoms with van der Waals surface area (Å²) in [5, 5.41) is 10.1. The average Bonchev–Trinajstić information content (AvgIpc) is 2.28. The fourth-order valence-corrected chi connectivity index (χ4v) is 2.06. The monoisotopic (exact) mass is 272 g/mol. The number of aliphatic hydroxyl groups is 1. The number of methoxy groups -OCH3 is 1. The molecule has 0 saturated heterocycles. The maximum Gasteiger partial charge on any atom is 0.155 e. The van der Waals surface area contributed by atoms with Crippen LogP contribution in [0.3, 0.4) is 0 Å². The Morgan fingerprint density at radius 1 is 1.28 bits per heavy atom. The van der Waals surface area contributed by atoms with Crippen LogP contribution < -0.4 is 4.74 Å². The smallest absolute Gasteiger partial charge is 0.155 e. The molecule has 1 aromatic rings. The Morgan fingerprint density at radius 3 is 2.17 bits per heavy atom. The summed E-state index contributed by atoms with van der Waals surface area (Å²) < 4.78 is 27.1. The molecule has 0 aliphatic carbocycles. The van der Waals surface area contributed by atoms with E-state index in [0.29, 0.717) is 6.42 Å². The zero-order chi connectivity index (χ0) is 14.0. The third-order valence-corrected chi connectivity index (χ3v) is 5.53. The predicted octanol–water partition coefficient (Wildman–Crippen LogP) is 1.42. The van der Waals surface area contributed by atoms with Crippen molar-refractivity contribution in [2.75, 3.05) is 13.4 Å². The topological polar surface area (TPSA) is 63.6 Å². The van der Waals surface area contributed by atoms with Gasteiger partial charge in [-0.05, 0) is 38.0 Å². The Bertz CT molecular complexity index is 488. The molecular weight excluding hydrogens is 252 g/mol. The molecule has 0 fully saturated rings. The minimum Gasteiger partial charge on any atom is -0.497 e. The largest absolute Gasteiger partial charge is 0.497 e. The second kappa shape index (κ2) is 5.28. The molecule has 1 unspecified atom stereocenters. The number of ether oxygens (including phenoxy) is 1. The highest BCUT2D eigenvalue weighted by molar-refractivity contribution is 7.92. The molecule has 0 aliphatic rings. The third-order valence-electron chi connectivity index (χ3n) is 3.35. The number of rotatable bonds is 5. The first-order chi connectivity index (χ1) is 8.18. The van der Waals surface area contributed by atoms with E-state index in [-0.39, 0.29) is 0 Å². The highest BCUT2D eigenvalue weighted by atomic mass is 32.2. The molecule has 0 radical (unpaired) electrons. The van der Waals surface area contributed by atoms with Crippen LogP contribution in [0.2, 0.25) is 0 Å². The molecule has 0 amide bonds. The molecule has 5 heteroatoms. The molecule has 1 rings (SSSR count). The summed E-state index contributed by atoms with van der Waals surface area (Å²) in [5.74, 6) is 0.732. The highest BCUT2D eigenvalue weighted by Gasteiger charge is 2.37. The lowest BCUT2D eigenvalue weighted by Crippen LogP contribution is -2.44. The molecule has 18 heavy (non-hydrogen) atoms. The Balaban J connectivity index is 2.84. The summed E-state index contributed by atoms with van der Waals surface area (Å²) in [6.07, 6.45) is 0.495. The quantitative estimate of drug-likeness (QED) is 0.880. The molecule has 1 atom stereocenters. The van der Waals surface area contributed by atoms with Gasteiger partial charge in [-0.1, -0.05) is 12.1 Å². The fraction of sp³-hybridized carbons (Fsp3) is 0.538. The molecule has 0 heterocycles. The van der Waals surface area contributed by atoms with Gasteiger partial charge >= 0.3 is 0 Å². The van der Waals surface area contributed by atoms with Crippen molar-refractivity contribution >= 4 is 9.84 Å². The lowest BCUT2D eigenvalue weighted by Gasteiger charge is -2.28. The van der Waals surface area contributed by atoms with Gasteiger partial charge in [0.15, 0.2) is 9.84 Å². The zero-order valence-corrected chi connectivity index (χ0v) is 12.0. The van der Waals surface area contributed by atoms with Crippen LogP contribution in [0.4, 0.5) is 0 Å². The number of sulfone groups is 1. The second-order valence-corrected chi connectivity index (χ2v) is 7.54. The summed E-state index contributed by atoms with van der Waals surface area (Å²) in [7, 11) is -1.73. The van der Waals surface area contributed by atoms with Crippen molar-refractivity contribution in [3.8, 4) is 5.75 Å². The van der Waals surface area contributed by atoms with E-state index >= 15 is 0 Å². The summed E-state index contributed by atoms with van der Waals surface area (Å²) in [5.41, 5.74) is 0.875. The van der Waals surface area contributed by atoms with E-state index < -0.39 is 20.7 Å². The van der Waals surface area contributed by atoms with Crippen LogP contribution in [-0.4, -0.2) is 37.7 Å². The molecule has 102 valence electrons. The Kier molecular flexibility index (Phi) is 4.40. The Morgan fingerprint density at radius 2 is 1.78 bits per heavy atom. The molecule has 1 aromatic carbocycles. The van der Waals surface area contributed by atoms with Crippen molar-refractivity contribution in [2.24, 2.45) is 0 Å². The van der Waals surface area contributed by atoms with Crippen molar-refractivity contribution < 1.29 is 18.3 Å². The van der Waals surface area contributed by atoms with E-state index in [1.54, 1.807) is 19.2 Å². The summed E-state index contributed by atoms with van der Waals surface area (Å²) in [4.78, 5) is 0. The Hall–Kier alpha value is -1.07. The lowest BCUT2D eigenvalue weighted by atomic mass is 9.98. The van der Waals surface area contributed by atoms with E-state index in [1.165, 1.54) is 13.8 Å². The summed E-state index contributed by atoms with van der Waals surface area (Å²) >= 11 is 0. The van der Waals surface area contributed by atoms with Gasteiger partial charge in [-0.3, -0.25) is 0 Å². The van der Waals surface area contributed by atoms with Crippen LogP contribution in [0, 0.1) is 0 Å². The highest BCUT2D eigenvalue weighted by Crippen LogP contribution is 2.23. The zero-order valence-electron chi connectivity index (χ0n) is 11.2. The van der Waals surface area contributed by atoms with E-state index in [1.807, 2.05) is 12.1 Å². The predicted molar refractivity (Wildman–Crippen MR) is 71.6 cm³/mol. The molecule has 1 N–H and O–H groups in total. The van der Waals surface area contributed by atoms with Crippen LogP contribution in [0.1, 0.15) is 19.4 Å². The van der Waals surface area contributed by atoms with Gasteiger partial charge < -0.3 is 9.84 Å². The molecule has 0 spiro atoms. The first-order valence-electron chi connectivity index (χ1n) is 5.69. The van der Waals surface area contributed by atoms with Gasteiger partial charge in [-0.25, -0.2) is 8.42 Å². The molecule has 0 saturated carbocycles. The van der Waals surface area contributed by atoms with E-state index in [9.17, 15) is 13.5 Å². The maximum atomic E-state index is 11.6. The molecule has 4 nitrogen and oxygen atoms in total. The van der Waals surface area contributed by atoms with Gasteiger partial charge in [0.05, 0.1) is 18.0 Å². The first kappa shape index (κ1) is 15.0. The minimum absolute atomic E-state index is 0.296. The molecule has 0 aromatic heterocycles. The maximum absolute atomic E-state index is 11.6. The van der Waals surface area contributed by atoms with Gasteiger partial charge in [0.1, 0.15) is 5.75 Å². The van der Waals surface area contributed by atoms with Gasteiger partial charge in [0.2, 0.25) is 0 Å². The van der Waals surface area contributed by atoms with Crippen molar-refractivity contribution in [3.05, 3.63) is 29.8 Å². The standard InChI is InChI=1S/C13H20O4S/c1-13(2,18(4,15)16)12(14)9-10-5-7-11(17-3)8-6-10/h5-8,12,14H,9H2,1-4H3. The SMILES string of the molecule is COc1ccc(CC(O)C(C)(C)S(C)(=O)=O)cc1. The normalized spacial score (nSPS) is 14.3. The molecule has 0 bridgehead atoms. The van der Waals surface area contributed by atoms with Gasteiger partial charge in [0.25, 0.3) is 0 Å². The minimum atomic E-state index is -3.31.